The van der Waals surface area contributed by atoms with Crippen LogP contribution < -0.4 is 5.32 Å². The Morgan fingerprint density at radius 2 is 2.24 bits per heavy atom. The zero-order valence-corrected chi connectivity index (χ0v) is 9.80. The summed E-state index contributed by atoms with van der Waals surface area (Å²) in [5, 5.41) is 7.26. The third-order valence-electron chi connectivity index (χ3n) is 2.24. The van der Waals surface area contributed by atoms with E-state index in [1.807, 2.05) is 18.3 Å². The molecular formula is C11H16N4O2. The molecule has 2 aromatic rings. The topological polar surface area (TPSA) is 60.7 Å². The maximum atomic E-state index is 5.34. The highest BCUT2D eigenvalue weighted by Crippen LogP contribution is 2.04. The minimum absolute atomic E-state index is 0.618. The Balaban J connectivity index is 1.75. The molecule has 0 radical (unpaired) electrons. The second-order valence-electron chi connectivity index (χ2n) is 3.48. The molecule has 2 heterocycles. The van der Waals surface area contributed by atoms with Crippen LogP contribution in [0, 0.1) is 0 Å². The minimum Gasteiger partial charge on any atom is -0.382 e. The van der Waals surface area contributed by atoms with Gasteiger partial charge in [0.15, 0.2) is 5.65 Å². The van der Waals surface area contributed by atoms with E-state index < -0.39 is 0 Å². The van der Waals surface area contributed by atoms with E-state index in [2.05, 4.69) is 15.4 Å². The van der Waals surface area contributed by atoms with E-state index in [4.69, 9.17) is 9.47 Å². The van der Waals surface area contributed by atoms with Crippen molar-refractivity contribution in [3.63, 3.8) is 0 Å². The van der Waals surface area contributed by atoms with Gasteiger partial charge in [-0.25, -0.2) is 9.50 Å². The van der Waals surface area contributed by atoms with Gasteiger partial charge in [-0.3, -0.25) is 0 Å². The van der Waals surface area contributed by atoms with Crippen LogP contribution in [-0.4, -0.2) is 48.1 Å². The van der Waals surface area contributed by atoms with Crippen LogP contribution in [0.25, 0.3) is 5.65 Å². The number of rotatable bonds is 7. The summed E-state index contributed by atoms with van der Waals surface area (Å²) in [6.45, 7) is 2.60. The molecule has 6 heteroatoms. The molecule has 92 valence electrons. The van der Waals surface area contributed by atoms with Crippen molar-refractivity contribution in [2.75, 3.05) is 38.8 Å². The van der Waals surface area contributed by atoms with E-state index in [1.54, 1.807) is 17.8 Å². The number of ether oxygens (including phenoxy) is 2. The maximum absolute atomic E-state index is 5.34. The molecule has 2 aromatic heterocycles. The van der Waals surface area contributed by atoms with E-state index in [0.717, 1.165) is 18.0 Å². The van der Waals surface area contributed by atoms with Crippen LogP contribution in [0.15, 0.2) is 24.5 Å². The van der Waals surface area contributed by atoms with Crippen LogP contribution in [0.3, 0.4) is 0 Å². The van der Waals surface area contributed by atoms with Gasteiger partial charge in [-0.05, 0) is 6.07 Å². The number of fused-ring (bicyclic) bond motifs is 1. The number of hydrogen-bond donors (Lipinski definition) is 1. The van der Waals surface area contributed by atoms with E-state index in [1.165, 1.54) is 0 Å². The zero-order chi connectivity index (χ0) is 11.9. The second kappa shape index (κ2) is 6.17. The Hall–Kier alpha value is -1.66. The highest BCUT2D eigenvalue weighted by molar-refractivity contribution is 5.45. The van der Waals surface area contributed by atoms with Crippen LogP contribution in [0.1, 0.15) is 0 Å². The molecule has 1 N–H and O–H groups in total. The first-order valence-corrected chi connectivity index (χ1v) is 5.51. The van der Waals surface area contributed by atoms with Gasteiger partial charge in [0.2, 0.25) is 0 Å². The molecule has 0 bridgehead atoms. The summed E-state index contributed by atoms with van der Waals surface area (Å²) in [6.07, 6.45) is 3.59. The molecule has 0 aliphatic rings. The molecule has 17 heavy (non-hydrogen) atoms. The molecular weight excluding hydrogens is 220 g/mol. The van der Waals surface area contributed by atoms with Crippen molar-refractivity contribution in [3.8, 4) is 0 Å². The summed E-state index contributed by atoms with van der Waals surface area (Å²) in [5.41, 5.74) is 0.829. The predicted molar refractivity (Wildman–Crippen MR) is 64.2 cm³/mol. The SMILES string of the molecule is COCCOCCNc1ccn2nccc2n1. The molecule has 0 spiro atoms. The molecule has 0 aliphatic heterocycles. The number of nitrogens with zero attached hydrogens (tertiary/aromatic N) is 3. The smallest absolute Gasteiger partial charge is 0.157 e. The fraction of sp³-hybridized carbons (Fsp3) is 0.455. The fourth-order valence-electron chi connectivity index (χ4n) is 1.41. The molecule has 0 amide bonds. The molecule has 6 nitrogen and oxygen atoms in total. The Kier molecular flexibility index (Phi) is 4.29. The third-order valence-corrected chi connectivity index (χ3v) is 2.24. The summed E-state index contributed by atoms with van der Waals surface area (Å²) in [6, 6.07) is 3.75. The van der Waals surface area contributed by atoms with Crippen molar-refractivity contribution in [1.29, 1.82) is 0 Å². The number of aromatic nitrogens is 3. The summed E-state index contributed by atoms with van der Waals surface area (Å²) >= 11 is 0. The van der Waals surface area contributed by atoms with Crippen molar-refractivity contribution in [2.24, 2.45) is 0 Å². The minimum atomic E-state index is 0.618. The van der Waals surface area contributed by atoms with Gasteiger partial charge in [-0.15, -0.1) is 0 Å². The fourth-order valence-corrected chi connectivity index (χ4v) is 1.41. The number of anilines is 1. The summed E-state index contributed by atoms with van der Waals surface area (Å²) < 4.78 is 11.9. The lowest BCUT2D eigenvalue weighted by molar-refractivity contribution is 0.0759. The van der Waals surface area contributed by atoms with Gasteiger partial charge < -0.3 is 14.8 Å². The van der Waals surface area contributed by atoms with E-state index in [-0.39, 0.29) is 0 Å². The molecule has 0 fully saturated rings. The van der Waals surface area contributed by atoms with Gasteiger partial charge in [-0.1, -0.05) is 0 Å². The van der Waals surface area contributed by atoms with Crippen LogP contribution >= 0.6 is 0 Å². The Morgan fingerprint density at radius 3 is 3.12 bits per heavy atom. The number of methoxy groups -OCH3 is 1. The van der Waals surface area contributed by atoms with Gasteiger partial charge in [0.05, 0.1) is 26.0 Å². The van der Waals surface area contributed by atoms with E-state index >= 15 is 0 Å². The standard InChI is InChI=1S/C11H16N4O2/c1-16-8-9-17-7-5-12-10-3-6-15-11(14-10)2-4-13-15/h2-4,6H,5,7-9H2,1H3,(H,12,14). The van der Waals surface area contributed by atoms with Crippen LogP contribution in [0.4, 0.5) is 5.82 Å². The largest absolute Gasteiger partial charge is 0.382 e. The zero-order valence-electron chi connectivity index (χ0n) is 9.80. The first kappa shape index (κ1) is 11.8. The first-order valence-electron chi connectivity index (χ1n) is 5.51. The van der Waals surface area contributed by atoms with Gasteiger partial charge in [0.1, 0.15) is 5.82 Å². The van der Waals surface area contributed by atoms with Crippen LogP contribution in [-0.2, 0) is 9.47 Å². The van der Waals surface area contributed by atoms with Crippen LogP contribution in [0.5, 0.6) is 0 Å². The molecule has 0 atom stereocenters. The highest BCUT2D eigenvalue weighted by atomic mass is 16.5. The molecule has 0 saturated heterocycles. The average Bonchev–Trinajstić information content (AvgIpc) is 2.81. The number of nitrogens with one attached hydrogen (secondary N) is 1. The summed E-state index contributed by atoms with van der Waals surface area (Å²) in [7, 11) is 1.66. The van der Waals surface area contributed by atoms with Crippen molar-refractivity contribution in [2.45, 2.75) is 0 Å². The molecule has 0 aromatic carbocycles. The average molecular weight is 236 g/mol. The molecule has 0 unspecified atom stereocenters. The quantitative estimate of drug-likeness (QED) is 0.721. The van der Waals surface area contributed by atoms with Crippen molar-refractivity contribution in [1.82, 2.24) is 14.6 Å². The van der Waals surface area contributed by atoms with Gasteiger partial charge in [0.25, 0.3) is 0 Å². The maximum Gasteiger partial charge on any atom is 0.157 e. The normalized spacial score (nSPS) is 10.9. The third kappa shape index (κ3) is 3.40. The first-order chi connectivity index (χ1) is 8.40. The van der Waals surface area contributed by atoms with E-state index in [0.29, 0.717) is 19.8 Å². The molecule has 2 rings (SSSR count). The molecule has 0 saturated carbocycles. The Labute approximate surface area is 99.6 Å². The second-order valence-corrected chi connectivity index (χ2v) is 3.48. The Bertz CT molecular complexity index is 457. The van der Waals surface area contributed by atoms with Crippen molar-refractivity contribution in [3.05, 3.63) is 24.5 Å². The lowest BCUT2D eigenvalue weighted by Gasteiger charge is -2.06. The van der Waals surface area contributed by atoms with Crippen LogP contribution in [0.2, 0.25) is 0 Å². The Morgan fingerprint density at radius 1 is 1.29 bits per heavy atom. The van der Waals surface area contributed by atoms with E-state index in [9.17, 15) is 0 Å². The van der Waals surface area contributed by atoms with Crippen molar-refractivity contribution < 1.29 is 9.47 Å². The summed E-state index contributed by atoms with van der Waals surface area (Å²) in [5.74, 6) is 0.827. The van der Waals surface area contributed by atoms with Crippen molar-refractivity contribution >= 4 is 11.5 Å². The van der Waals surface area contributed by atoms with Gasteiger partial charge >= 0.3 is 0 Å². The van der Waals surface area contributed by atoms with Gasteiger partial charge in [0, 0.05) is 25.9 Å². The summed E-state index contributed by atoms with van der Waals surface area (Å²) in [4.78, 5) is 4.38. The lowest BCUT2D eigenvalue weighted by atomic mass is 10.5. The number of hydrogen-bond acceptors (Lipinski definition) is 5. The lowest BCUT2D eigenvalue weighted by Crippen LogP contribution is -2.12. The van der Waals surface area contributed by atoms with Gasteiger partial charge in [-0.2, -0.15) is 5.10 Å². The monoisotopic (exact) mass is 236 g/mol. The molecule has 0 aliphatic carbocycles. The highest BCUT2D eigenvalue weighted by Gasteiger charge is 1.97. The predicted octanol–water partition coefficient (Wildman–Crippen LogP) is 0.804.